The Morgan fingerprint density at radius 1 is 1.31 bits per heavy atom. The molecule has 3 nitrogen and oxygen atoms in total. The minimum absolute atomic E-state index is 0.0979. The van der Waals surface area contributed by atoms with Gasteiger partial charge in [-0.2, -0.15) is 0 Å². The molecule has 0 radical (unpaired) electrons. The Morgan fingerprint density at radius 2 is 2.00 bits per heavy atom. The Balaban J connectivity index is 2.65. The average molecular weight is 217 g/mol. The molecule has 16 heavy (non-hydrogen) atoms. The molecule has 0 saturated carbocycles. The number of hydrogen-bond acceptors (Lipinski definition) is 2. The molecule has 1 aromatic heterocycles. The van der Waals surface area contributed by atoms with Gasteiger partial charge in [-0.15, -0.1) is 0 Å². The molecule has 3 N–H and O–H groups in total. The van der Waals surface area contributed by atoms with Crippen molar-refractivity contribution in [3.63, 3.8) is 0 Å². The minimum atomic E-state index is -0.0979. The highest BCUT2D eigenvalue weighted by Gasteiger charge is 2.23. The molecule has 2 aromatic rings. The fourth-order valence-electron chi connectivity index (χ4n) is 1.73. The summed E-state index contributed by atoms with van der Waals surface area (Å²) in [6.07, 6.45) is 0. The van der Waals surface area contributed by atoms with E-state index in [9.17, 15) is 0 Å². The third-order valence-corrected chi connectivity index (χ3v) is 3.33. The van der Waals surface area contributed by atoms with Crippen molar-refractivity contribution in [1.29, 1.82) is 0 Å². The highest BCUT2D eigenvalue weighted by Crippen LogP contribution is 2.25. The first kappa shape index (κ1) is 11.1. The molecule has 0 saturated heterocycles. The second-order valence-electron chi connectivity index (χ2n) is 5.08. The molecule has 0 spiro atoms. The van der Waals surface area contributed by atoms with Gasteiger partial charge in [0.15, 0.2) is 0 Å². The molecule has 0 unspecified atom stereocenters. The normalized spacial score (nSPS) is 12.3. The lowest BCUT2D eigenvalue weighted by atomic mass is 9.93. The number of nitrogens with zero attached hydrogens (tertiary/aromatic N) is 1. The van der Waals surface area contributed by atoms with E-state index in [1.54, 1.807) is 0 Å². The van der Waals surface area contributed by atoms with Gasteiger partial charge in [-0.25, -0.2) is 4.98 Å². The summed E-state index contributed by atoms with van der Waals surface area (Å²) in [7, 11) is 0. The van der Waals surface area contributed by atoms with E-state index in [1.165, 1.54) is 11.1 Å². The molecule has 0 atom stereocenters. The summed E-state index contributed by atoms with van der Waals surface area (Å²) in [5.41, 5.74) is 10.4. The first-order valence-electron chi connectivity index (χ1n) is 5.62. The second kappa shape index (κ2) is 3.59. The van der Waals surface area contributed by atoms with Crippen LogP contribution in [0.1, 0.15) is 30.8 Å². The van der Waals surface area contributed by atoms with Crippen LogP contribution in [0.3, 0.4) is 0 Å². The summed E-state index contributed by atoms with van der Waals surface area (Å²) in [6, 6.07) is 4.20. The van der Waals surface area contributed by atoms with Gasteiger partial charge < -0.3 is 10.7 Å². The quantitative estimate of drug-likeness (QED) is 0.811. The zero-order valence-corrected chi connectivity index (χ0v) is 10.4. The number of fused-ring (bicyclic) bond motifs is 1. The third kappa shape index (κ3) is 1.61. The smallest absolute Gasteiger partial charge is 0.114 e. The Bertz CT molecular complexity index is 523. The van der Waals surface area contributed by atoms with Crippen LogP contribution in [0, 0.1) is 13.8 Å². The molecular weight excluding hydrogens is 198 g/mol. The lowest BCUT2D eigenvalue weighted by Gasteiger charge is -2.18. The SMILES string of the molecule is Cc1ccc2[nH]c(C(C)(C)CN)nc2c1C. The summed E-state index contributed by atoms with van der Waals surface area (Å²) in [4.78, 5) is 8.04. The molecule has 0 amide bonds. The van der Waals surface area contributed by atoms with Crippen LogP contribution in [0.4, 0.5) is 0 Å². The van der Waals surface area contributed by atoms with Crippen LogP contribution in [0.5, 0.6) is 0 Å². The van der Waals surface area contributed by atoms with E-state index < -0.39 is 0 Å². The zero-order chi connectivity index (χ0) is 11.9. The molecule has 0 aliphatic heterocycles. The van der Waals surface area contributed by atoms with E-state index in [2.05, 4.69) is 49.8 Å². The Kier molecular flexibility index (Phi) is 2.50. The molecule has 0 aliphatic rings. The number of rotatable bonds is 2. The van der Waals surface area contributed by atoms with Crippen molar-refractivity contribution < 1.29 is 0 Å². The molecule has 1 heterocycles. The van der Waals surface area contributed by atoms with Gasteiger partial charge in [0, 0.05) is 12.0 Å². The highest BCUT2D eigenvalue weighted by molar-refractivity contribution is 5.80. The van der Waals surface area contributed by atoms with Gasteiger partial charge in [0.2, 0.25) is 0 Å². The van der Waals surface area contributed by atoms with Crippen molar-refractivity contribution in [1.82, 2.24) is 9.97 Å². The number of nitrogens with two attached hydrogens (primary N) is 1. The van der Waals surface area contributed by atoms with Crippen molar-refractivity contribution in [2.75, 3.05) is 6.54 Å². The van der Waals surface area contributed by atoms with Gasteiger partial charge in [-0.1, -0.05) is 19.9 Å². The van der Waals surface area contributed by atoms with Gasteiger partial charge in [-0.3, -0.25) is 0 Å². The lowest BCUT2D eigenvalue weighted by Crippen LogP contribution is -2.29. The minimum Gasteiger partial charge on any atom is -0.341 e. The van der Waals surface area contributed by atoms with Gasteiger partial charge in [0.25, 0.3) is 0 Å². The second-order valence-corrected chi connectivity index (χ2v) is 5.08. The molecule has 1 aromatic carbocycles. The maximum absolute atomic E-state index is 5.77. The molecule has 86 valence electrons. The van der Waals surface area contributed by atoms with Crippen molar-refractivity contribution in [3.05, 3.63) is 29.1 Å². The molecule has 0 bridgehead atoms. The van der Waals surface area contributed by atoms with E-state index in [-0.39, 0.29) is 5.41 Å². The van der Waals surface area contributed by atoms with Crippen LogP contribution < -0.4 is 5.73 Å². The standard InChI is InChI=1S/C13H19N3/c1-8-5-6-10-11(9(8)2)16-12(15-10)13(3,4)7-14/h5-6H,7,14H2,1-4H3,(H,15,16). The fraction of sp³-hybridized carbons (Fsp3) is 0.462. The van der Waals surface area contributed by atoms with Crippen LogP contribution in [0.2, 0.25) is 0 Å². The van der Waals surface area contributed by atoms with Crippen molar-refractivity contribution in [3.8, 4) is 0 Å². The van der Waals surface area contributed by atoms with Crippen molar-refractivity contribution in [2.24, 2.45) is 5.73 Å². The summed E-state index contributed by atoms with van der Waals surface area (Å²) in [5, 5.41) is 0. The third-order valence-electron chi connectivity index (χ3n) is 3.33. The number of hydrogen-bond donors (Lipinski definition) is 2. The van der Waals surface area contributed by atoms with Gasteiger partial charge in [0.1, 0.15) is 5.82 Å². The highest BCUT2D eigenvalue weighted by atomic mass is 14.9. The van der Waals surface area contributed by atoms with Crippen molar-refractivity contribution in [2.45, 2.75) is 33.1 Å². The molecule has 0 fully saturated rings. The monoisotopic (exact) mass is 217 g/mol. The predicted molar refractivity (Wildman–Crippen MR) is 67.6 cm³/mol. The summed E-state index contributed by atoms with van der Waals surface area (Å²) < 4.78 is 0. The van der Waals surface area contributed by atoms with E-state index in [1.807, 2.05) is 0 Å². The molecular formula is C13H19N3. The van der Waals surface area contributed by atoms with E-state index in [0.29, 0.717) is 6.54 Å². The maximum atomic E-state index is 5.77. The van der Waals surface area contributed by atoms with Crippen LogP contribution in [-0.4, -0.2) is 16.5 Å². The van der Waals surface area contributed by atoms with Gasteiger partial charge >= 0.3 is 0 Å². The molecule has 0 aliphatic carbocycles. The number of benzene rings is 1. The summed E-state index contributed by atoms with van der Waals surface area (Å²) in [6.45, 7) is 9.01. The largest absolute Gasteiger partial charge is 0.341 e. The number of H-pyrrole nitrogens is 1. The Labute approximate surface area is 96.1 Å². The first-order valence-corrected chi connectivity index (χ1v) is 5.62. The Morgan fingerprint density at radius 3 is 2.62 bits per heavy atom. The number of nitrogens with one attached hydrogen (secondary N) is 1. The predicted octanol–water partition coefficient (Wildman–Crippen LogP) is 2.42. The molecule has 2 rings (SSSR count). The number of imidazole rings is 1. The van der Waals surface area contributed by atoms with Crippen molar-refractivity contribution >= 4 is 11.0 Å². The van der Waals surface area contributed by atoms with Crippen LogP contribution in [0.15, 0.2) is 12.1 Å². The van der Waals surface area contributed by atoms with E-state index >= 15 is 0 Å². The maximum Gasteiger partial charge on any atom is 0.114 e. The Hall–Kier alpha value is -1.35. The fourth-order valence-corrected chi connectivity index (χ4v) is 1.73. The number of aryl methyl sites for hydroxylation is 2. The van der Waals surface area contributed by atoms with Crippen LogP contribution in [-0.2, 0) is 5.41 Å². The molecule has 3 heteroatoms. The average Bonchev–Trinajstić information content (AvgIpc) is 2.69. The lowest BCUT2D eigenvalue weighted by molar-refractivity contribution is 0.509. The van der Waals surface area contributed by atoms with Crippen LogP contribution in [0.25, 0.3) is 11.0 Å². The number of aromatic nitrogens is 2. The van der Waals surface area contributed by atoms with Crippen LogP contribution >= 0.6 is 0 Å². The summed E-state index contributed by atoms with van der Waals surface area (Å²) in [5.74, 6) is 0.971. The van der Waals surface area contributed by atoms with Gasteiger partial charge in [0.05, 0.1) is 11.0 Å². The number of aromatic amines is 1. The topological polar surface area (TPSA) is 54.7 Å². The van der Waals surface area contributed by atoms with E-state index in [0.717, 1.165) is 16.9 Å². The van der Waals surface area contributed by atoms with Gasteiger partial charge in [-0.05, 0) is 31.0 Å². The van der Waals surface area contributed by atoms with E-state index in [4.69, 9.17) is 5.73 Å². The zero-order valence-electron chi connectivity index (χ0n) is 10.4. The first-order chi connectivity index (χ1) is 7.45. The summed E-state index contributed by atoms with van der Waals surface area (Å²) >= 11 is 0.